The summed E-state index contributed by atoms with van der Waals surface area (Å²) in [5.74, 6) is -0.975. The van der Waals surface area contributed by atoms with E-state index in [2.05, 4.69) is 31.4 Å². The number of amides is 1. The predicted octanol–water partition coefficient (Wildman–Crippen LogP) is 3.50. The molecule has 0 saturated heterocycles. The van der Waals surface area contributed by atoms with Gasteiger partial charge in [0.15, 0.2) is 5.13 Å². The quantitative estimate of drug-likeness (QED) is 0.501. The molecular formula is C12H9BrFN3O2S. The fourth-order valence-corrected chi connectivity index (χ4v) is 2.62. The monoisotopic (exact) mass is 357 g/mol. The second-order valence-electron chi connectivity index (χ2n) is 3.84. The first-order valence-electron chi connectivity index (χ1n) is 5.41. The van der Waals surface area contributed by atoms with Crippen LogP contribution in [0.15, 0.2) is 33.2 Å². The normalized spacial score (nSPS) is 11.4. The van der Waals surface area contributed by atoms with Crippen LogP contribution in [0.4, 0.5) is 9.52 Å². The maximum Gasteiger partial charge on any atom is 0.257 e. The maximum atomic E-state index is 13.2. The Labute approximate surface area is 126 Å². The van der Waals surface area contributed by atoms with E-state index in [-0.39, 0.29) is 5.56 Å². The maximum absolute atomic E-state index is 13.2. The lowest BCUT2D eigenvalue weighted by atomic mass is 10.2. The number of thiazole rings is 1. The first-order valence-corrected chi connectivity index (χ1v) is 7.09. The fraction of sp³-hybridized carbons (Fsp3) is 0.0833. The lowest BCUT2D eigenvalue weighted by Crippen LogP contribution is -2.12. The van der Waals surface area contributed by atoms with E-state index < -0.39 is 11.7 Å². The Balaban J connectivity index is 2.17. The molecular weight excluding hydrogens is 349 g/mol. The molecule has 1 amide bonds. The molecule has 20 heavy (non-hydrogen) atoms. The Morgan fingerprint density at radius 3 is 2.90 bits per heavy atom. The third kappa shape index (κ3) is 3.40. The number of oxime groups is 1. The molecule has 2 rings (SSSR count). The van der Waals surface area contributed by atoms with Crippen molar-refractivity contribution in [2.75, 3.05) is 5.32 Å². The van der Waals surface area contributed by atoms with E-state index >= 15 is 0 Å². The number of nitrogens with zero attached hydrogens (tertiary/aromatic N) is 2. The number of halogens is 2. The molecule has 0 radical (unpaired) electrons. The molecule has 0 unspecified atom stereocenters. The fourth-order valence-electron chi connectivity index (χ4n) is 1.40. The van der Waals surface area contributed by atoms with Gasteiger partial charge in [-0.25, -0.2) is 9.37 Å². The van der Waals surface area contributed by atoms with E-state index in [0.29, 0.717) is 21.0 Å². The Kier molecular flexibility index (Phi) is 4.46. The van der Waals surface area contributed by atoms with Crippen molar-refractivity contribution < 1.29 is 14.4 Å². The minimum atomic E-state index is -0.507. The second-order valence-corrected chi connectivity index (χ2v) is 5.61. The number of carbonyl (C=O) groups excluding carboxylic acids is 1. The predicted molar refractivity (Wildman–Crippen MR) is 78.2 cm³/mol. The van der Waals surface area contributed by atoms with Gasteiger partial charge in [-0.3, -0.25) is 10.1 Å². The van der Waals surface area contributed by atoms with Gasteiger partial charge in [-0.15, -0.1) is 11.3 Å². The highest BCUT2D eigenvalue weighted by atomic mass is 79.9. The summed E-state index contributed by atoms with van der Waals surface area (Å²) >= 11 is 4.31. The molecule has 0 fully saturated rings. The average molecular weight is 358 g/mol. The van der Waals surface area contributed by atoms with Crippen molar-refractivity contribution in [3.63, 3.8) is 0 Å². The molecule has 0 saturated carbocycles. The molecule has 5 nitrogen and oxygen atoms in total. The largest absolute Gasteiger partial charge is 0.411 e. The summed E-state index contributed by atoms with van der Waals surface area (Å²) in [4.78, 5) is 16.0. The lowest BCUT2D eigenvalue weighted by Gasteiger charge is -2.02. The Bertz CT molecular complexity index is 667. The minimum Gasteiger partial charge on any atom is -0.411 e. The molecule has 0 aliphatic carbocycles. The van der Waals surface area contributed by atoms with Crippen molar-refractivity contribution in [1.82, 2.24) is 4.98 Å². The second kappa shape index (κ2) is 6.10. The average Bonchev–Trinajstić information content (AvgIpc) is 2.85. The van der Waals surface area contributed by atoms with Crippen molar-refractivity contribution in [2.24, 2.45) is 5.16 Å². The molecule has 2 aromatic rings. The van der Waals surface area contributed by atoms with Gasteiger partial charge in [0.2, 0.25) is 0 Å². The highest BCUT2D eigenvalue weighted by molar-refractivity contribution is 9.10. The zero-order valence-corrected chi connectivity index (χ0v) is 12.6. The number of anilines is 1. The van der Waals surface area contributed by atoms with Gasteiger partial charge < -0.3 is 5.21 Å². The summed E-state index contributed by atoms with van der Waals surface area (Å²) in [5.41, 5.74) is 0.990. The molecule has 0 bridgehead atoms. The highest BCUT2D eigenvalue weighted by Gasteiger charge is 2.12. The van der Waals surface area contributed by atoms with Gasteiger partial charge in [-0.1, -0.05) is 21.1 Å². The van der Waals surface area contributed by atoms with E-state index in [1.54, 1.807) is 12.3 Å². The summed E-state index contributed by atoms with van der Waals surface area (Å²) in [5, 5.41) is 16.2. The first-order chi connectivity index (χ1) is 9.49. The molecule has 8 heteroatoms. The van der Waals surface area contributed by atoms with Crippen molar-refractivity contribution in [2.45, 2.75) is 6.92 Å². The van der Waals surface area contributed by atoms with Crippen LogP contribution in [0.2, 0.25) is 0 Å². The molecule has 0 spiro atoms. The van der Waals surface area contributed by atoms with Crippen molar-refractivity contribution >= 4 is 44.0 Å². The van der Waals surface area contributed by atoms with Crippen molar-refractivity contribution in [1.29, 1.82) is 0 Å². The standard InChI is InChI=1S/C12H9BrFN3O2S/c1-6(17-19)10-5-20-12(15-10)16-11(18)7-2-8(13)4-9(14)3-7/h2-5,19H,1H3,(H,15,16,18). The van der Waals surface area contributed by atoms with Crippen LogP contribution in [0, 0.1) is 5.82 Å². The van der Waals surface area contributed by atoms with E-state index in [4.69, 9.17) is 5.21 Å². The SMILES string of the molecule is CC(=NO)c1csc(NC(=O)c2cc(F)cc(Br)c2)n1. The third-order valence-corrected chi connectivity index (χ3v) is 3.59. The number of hydrogen-bond donors (Lipinski definition) is 2. The van der Waals surface area contributed by atoms with E-state index in [1.165, 1.54) is 23.5 Å². The Morgan fingerprint density at radius 2 is 2.25 bits per heavy atom. The van der Waals surface area contributed by atoms with Crippen LogP contribution in [0.3, 0.4) is 0 Å². The third-order valence-electron chi connectivity index (χ3n) is 2.37. The van der Waals surface area contributed by atoms with Gasteiger partial charge in [0, 0.05) is 15.4 Å². The molecule has 104 valence electrons. The van der Waals surface area contributed by atoms with Gasteiger partial charge >= 0.3 is 0 Å². The van der Waals surface area contributed by atoms with Crippen molar-refractivity contribution in [3.8, 4) is 0 Å². The summed E-state index contributed by atoms with van der Waals surface area (Å²) in [6.45, 7) is 1.59. The number of hydrogen-bond acceptors (Lipinski definition) is 5. The van der Waals surface area contributed by atoms with Crippen LogP contribution >= 0.6 is 27.3 Å². The van der Waals surface area contributed by atoms with Crippen LogP contribution < -0.4 is 5.32 Å². The molecule has 0 aliphatic heterocycles. The Hall–Kier alpha value is -1.80. The number of carbonyl (C=O) groups is 1. The van der Waals surface area contributed by atoms with Gasteiger partial charge in [0.1, 0.15) is 17.2 Å². The summed E-state index contributed by atoms with van der Waals surface area (Å²) in [6, 6.07) is 3.90. The van der Waals surface area contributed by atoms with Crippen LogP contribution in [-0.4, -0.2) is 21.8 Å². The van der Waals surface area contributed by atoms with Crippen LogP contribution in [0.25, 0.3) is 0 Å². The zero-order valence-electron chi connectivity index (χ0n) is 10.2. The van der Waals surface area contributed by atoms with E-state index in [1.807, 2.05) is 0 Å². The van der Waals surface area contributed by atoms with Crippen LogP contribution in [0.5, 0.6) is 0 Å². The molecule has 1 aromatic carbocycles. The smallest absolute Gasteiger partial charge is 0.257 e. The summed E-state index contributed by atoms with van der Waals surface area (Å²) in [6.07, 6.45) is 0. The molecule has 1 aromatic heterocycles. The Morgan fingerprint density at radius 1 is 1.50 bits per heavy atom. The molecule has 1 heterocycles. The first kappa shape index (κ1) is 14.6. The molecule has 0 atom stereocenters. The van der Waals surface area contributed by atoms with Crippen molar-refractivity contribution in [3.05, 3.63) is 45.1 Å². The van der Waals surface area contributed by atoms with Gasteiger partial charge in [-0.2, -0.15) is 0 Å². The van der Waals surface area contributed by atoms with Gasteiger partial charge in [0.25, 0.3) is 5.91 Å². The summed E-state index contributed by atoms with van der Waals surface area (Å²) in [7, 11) is 0. The number of nitrogens with one attached hydrogen (secondary N) is 1. The van der Waals surface area contributed by atoms with E-state index in [0.717, 1.165) is 6.07 Å². The number of aromatic nitrogens is 1. The molecule has 0 aliphatic rings. The number of benzene rings is 1. The minimum absolute atomic E-state index is 0.182. The lowest BCUT2D eigenvalue weighted by molar-refractivity contribution is 0.102. The zero-order chi connectivity index (χ0) is 14.7. The molecule has 2 N–H and O–H groups in total. The highest BCUT2D eigenvalue weighted by Crippen LogP contribution is 2.19. The van der Waals surface area contributed by atoms with E-state index in [9.17, 15) is 9.18 Å². The van der Waals surface area contributed by atoms with Gasteiger partial charge in [0.05, 0.1) is 0 Å². The van der Waals surface area contributed by atoms with Crippen LogP contribution in [-0.2, 0) is 0 Å². The topological polar surface area (TPSA) is 74.6 Å². The summed E-state index contributed by atoms with van der Waals surface area (Å²) < 4.78 is 13.7. The van der Waals surface area contributed by atoms with Crippen LogP contribution in [0.1, 0.15) is 23.0 Å². The number of rotatable bonds is 3. The van der Waals surface area contributed by atoms with Gasteiger partial charge in [-0.05, 0) is 25.1 Å².